The number of hydrogen-bond acceptors (Lipinski definition) is 5. The van der Waals surface area contributed by atoms with Crippen molar-refractivity contribution in [3.05, 3.63) is 35.4 Å². The van der Waals surface area contributed by atoms with Crippen LogP contribution in [0.4, 0.5) is 0 Å². The van der Waals surface area contributed by atoms with Crippen LogP contribution in [0, 0.1) is 0 Å². The van der Waals surface area contributed by atoms with Crippen molar-refractivity contribution in [2.45, 2.75) is 25.9 Å². The molecule has 2 amide bonds. The van der Waals surface area contributed by atoms with Gasteiger partial charge in [0.15, 0.2) is 5.96 Å². The van der Waals surface area contributed by atoms with Crippen molar-refractivity contribution < 1.29 is 14.3 Å². The number of guanidine groups is 1. The third kappa shape index (κ3) is 8.74. The number of likely N-dealkylation sites (tertiary alicyclic amines) is 1. The molecule has 0 aliphatic carbocycles. The molecule has 2 aliphatic rings. The first-order valence-corrected chi connectivity index (χ1v) is 11.4. The first kappa shape index (κ1) is 27.3. The van der Waals surface area contributed by atoms with Gasteiger partial charge in [-0.2, -0.15) is 0 Å². The van der Waals surface area contributed by atoms with E-state index in [2.05, 4.69) is 43.6 Å². The fourth-order valence-electron chi connectivity index (χ4n) is 4.11. The predicted octanol–water partition coefficient (Wildman–Crippen LogP) is 0.883. The highest BCUT2D eigenvalue weighted by Gasteiger charge is 2.22. The van der Waals surface area contributed by atoms with E-state index in [0.29, 0.717) is 39.2 Å². The maximum Gasteiger partial charge on any atom is 0.234 e. The Labute approximate surface area is 213 Å². The lowest BCUT2D eigenvalue weighted by Crippen LogP contribution is -2.54. The molecule has 33 heavy (non-hydrogen) atoms. The number of halogens is 1. The Hall–Kier alpha value is -1.92. The molecule has 0 aromatic heterocycles. The van der Waals surface area contributed by atoms with E-state index in [1.54, 1.807) is 14.2 Å². The van der Waals surface area contributed by atoms with Crippen molar-refractivity contribution in [1.82, 2.24) is 25.3 Å². The summed E-state index contributed by atoms with van der Waals surface area (Å²) in [6.07, 6.45) is 1.63. The topological polar surface area (TPSA) is 89.5 Å². The predicted molar refractivity (Wildman–Crippen MR) is 140 cm³/mol. The first-order chi connectivity index (χ1) is 15.6. The molecular weight excluding hydrogens is 535 g/mol. The molecule has 1 aromatic carbocycles. The molecule has 2 heterocycles. The average molecular weight is 572 g/mol. The lowest BCUT2D eigenvalue weighted by molar-refractivity contribution is -0.128. The van der Waals surface area contributed by atoms with E-state index in [0.717, 1.165) is 50.7 Å². The SMILES string of the molecule is CN=C(NCc1cccc(CN2CCCC2=O)c1)N1CCN(CC(=O)NCCOC)CC1.I. The van der Waals surface area contributed by atoms with Gasteiger partial charge in [0.2, 0.25) is 11.8 Å². The zero-order chi connectivity index (χ0) is 22.8. The Kier molecular flexibility index (Phi) is 11.9. The number of ether oxygens (including phenoxy) is 1. The summed E-state index contributed by atoms with van der Waals surface area (Å²) in [4.78, 5) is 34.7. The van der Waals surface area contributed by atoms with Gasteiger partial charge in [-0.3, -0.25) is 19.5 Å². The van der Waals surface area contributed by atoms with E-state index in [-0.39, 0.29) is 35.8 Å². The molecule has 184 valence electrons. The van der Waals surface area contributed by atoms with Crippen molar-refractivity contribution in [2.24, 2.45) is 4.99 Å². The van der Waals surface area contributed by atoms with Gasteiger partial charge in [0.05, 0.1) is 13.2 Å². The minimum absolute atomic E-state index is 0. The summed E-state index contributed by atoms with van der Waals surface area (Å²) >= 11 is 0. The minimum Gasteiger partial charge on any atom is -0.383 e. The largest absolute Gasteiger partial charge is 0.383 e. The summed E-state index contributed by atoms with van der Waals surface area (Å²) in [5, 5.41) is 6.33. The molecule has 1 aromatic rings. The minimum atomic E-state index is 0. The number of aliphatic imine (C=N–C) groups is 1. The number of rotatable bonds is 9. The van der Waals surface area contributed by atoms with Gasteiger partial charge in [-0.15, -0.1) is 24.0 Å². The molecule has 2 fully saturated rings. The van der Waals surface area contributed by atoms with Crippen molar-refractivity contribution in [2.75, 3.05) is 66.6 Å². The summed E-state index contributed by atoms with van der Waals surface area (Å²) in [7, 11) is 3.42. The van der Waals surface area contributed by atoms with Crippen LogP contribution in [0.5, 0.6) is 0 Å². The van der Waals surface area contributed by atoms with Gasteiger partial charge >= 0.3 is 0 Å². The van der Waals surface area contributed by atoms with Crippen LogP contribution in [-0.2, 0) is 27.4 Å². The fourth-order valence-corrected chi connectivity index (χ4v) is 4.11. The highest BCUT2D eigenvalue weighted by molar-refractivity contribution is 14.0. The third-order valence-corrected chi connectivity index (χ3v) is 5.87. The molecule has 2 saturated heterocycles. The van der Waals surface area contributed by atoms with Crippen molar-refractivity contribution in [3.8, 4) is 0 Å². The standard InChI is InChI=1S/C23H36N6O3.HI/c1-24-23(28-12-10-27(11-13-28)18-21(30)25-8-14-32-2)26-16-19-5-3-6-20(15-19)17-29-9-4-7-22(29)31;/h3,5-6,15H,4,7-14,16-18H2,1-2H3,(H,24,26)(H,25,30);1H. The molecule has 0 saturated carbocycles. The van der Waals surface area contributed by atoms with Crippen molar-refractivity contribution >= 4 is 41.8 Å². The number of methoxy groups -OCH3 is 1. The first-order valence-electron chi connectivity index (χ1n) is 11.4. The smallest absolute Gasteiger partial charge is 0.234 e. The lowest BCUT2D eigenvalue weighted by atomic mass is 10.1. The molecule has 0 atom stereocenters. The second-order valence-electron chi connectivity index (χ2n) is 8.25. The highest BCUT2D eigenvalue weighted by Crippen LogP contribution is 2.15. The van der Waals surface area contributed by atoms with E-state index in [4.69, 9.17) is 4.74 Å². The number of amides is 2. The van der Waals surface area contributed by atoms with Gasteiger partial charge in [0, 0.05) is 72.9 Å². The quantitative estimate of drug-likeness (QED) is 0.198. The zero-order valence-corrected chi connectivity index (χ0v) is 22.0. The normalized spacial score (nSPS) is 17.2. The van der Waals surface area contributed by atoms with Crippen LogP contribution >= 0.6 is 24.0 Å². The number of hydrogen-bond donors (Lipinski definition) is 2. The summed E-state index contributed by atoms with van der Waals surface area (Å²) in [5.41, 5.74) is 2.33. The van der Waals surface area contributed by atoms with Crippen LogP contribution in [0.1, 0.15) is 24.0 Å². The van der Waals surface area contributed by atoms with Crippen molar-refractivity contribution in [1.29, 1.82) is 0 Å². The molecule has 2 N–H and O–H groups in total. The number of nitrogens with one attached hydrogen (secondary N) is 2. The monoisotopic (exact) mass is 572 g/mol. The van der Waals surface area contributed by atoms with Gasteiger partial charge in [0.1, 0.15) is 0 Å². The van der Waals surface area contributed by atoms with E-state index in [9.17, 15) is 9.59 Å². The molecule has 0 unspecified atom stereocenters. The zero-order valence-electron chi connectivity index (χ0n) is 19.7. The van der Waals surface area contributed by atoms with Crippen LogP contribution in [0.2, 0.25) is 0 Å². The van der Waals surface area contributed by atoms with Crippen molar-refractivity contribution in [3.63, 3.8) is 0 Å². The maximum atomic E-state index is 12.0. The highest BCUT2D eigenvalue weighted by atomic mass is 127. The Bertz CT molecular complexity index is 798. The molecule has 3 rings (SSSR count). The molecule has 10 heteroatoms. The number of carbonyl (C=O) groups is 2. The average Bonchev–Trinajstić information content (AvgIpc) is 3.20. The fraction of sp³-hybridized carbons (Fsp3) is 0.609. The van der Waals surface area contributed by atoms with Gasteiger partial charge in [0.25, 0.3) is 0 Å². The Morgan fingerprint density at radius 1 is 1.12 bits per heavy atom. The number of carbonyl (C=O) groups excluding carboxylic acids is 2. The molecule has 2 aliphatic heterocycles. The van der Waals surface area contributed by atoms with Crippen LogP contribution in [0.15, 0.2) is 29.3 Å². The Morgan fingerprint density at radius 2 is 1.88 bits per heavy atom. The van der Waals surface area contributed by atoms with E-state index in [1.165, 1.54) is 5.56 Å². The van der Waals surface area contributed by atoms with Crippen LogP contribution in [-0.4, -0.2) is 99.1 Å². The number of piperazine rings is 1. The Balaban J connectivity index is 0.00000385. The lowest BCUT2D eigenvalue weighted by Gasteiger charge is -2.36. The second kappa shape index (κ2) is 14.4. The number of benzene rings is 1. The second-order valence-corrected chi connectivity index (χ2v) is 8.25. The summed E-state index contributed by atoms with van der Waals surface area (Å²) in [5.74, 6) is 1.16. The Morgan fingerprint density at radius 3 is 2.55 bits per heavy atom. The summed E-state index contributed by atoms with van der Waals surface area (Å²) in [6.45, 7) is 6.98. The van der Waals surface area contributed by atoms with Crippen LogP contribution in [0.3, 0.4) is 0 Å². The van der Waals surface area contributed by atoms with Gasteiger partial charge in [-0.05, 0) is 17.5 Å². The van der Waals surface area contributed by atoms with Crippen LogP contribution in [0.25, 0.3) is 0 Å². The molecule has 0 spiro atoms. The van der Waals surface area contributed by atoms with E-state index >= 15 is 0 Å². The van der Waals surface area contributed by atoms with Gasteiger partial charge < -0.3 is 25.2 Å². The maximum absolute atomic E-state index is 12.0. The van der Waals surface area contributed by atoms with E-state index < -0.39 is 0 Å². The molecular formula is C23H37IN6O3. The molecule has 9 nitrogen and oxygen atoms in total. The number of nitrogens with zero attached hydrogens (tertiary/aromatic N) is 4. The van der Waals surface area contributed by atoms with Crippen LogP contribution < -0.4 is 10.6 Å². The summed E-state index contributed by atoms with van der Waals surface area (Å²) in [6, 6.07) is 8.38. The molecule has 0 bridgehead atoms. The van der Waals surface area contributed by atoms with Gasteiger partial charge in [-0.25, -0.2) is 0 Å². The third-order valence-electron chi connectivity index (χ3n) is 5.87. The van der Waals surface area contributed by atoms with Gasteiger partial charge in [-0.1, -0.05) is 24.3 Å². The van der Waals surface area contributed by atoms with E-state index in [1.807, 2.05) is 11.0 Å². The molecule has 0 radical (unpaired) electrons. The summed E-state index contributed by atoms with van der Waals surface area (Å²) < 4.78 is 4.96.